The van der Waals surface area contributed by atoms with Crippen molar-refractivity contribution in [2.24, 2.45) is 0 Å². The maximum absolute atomic E-state index is 5.33. The van der Waals surface area contributed by atoms with Gasteiger partial charge in [0.25, 0.3) is 0 Å². The van der Waals surface area contributed by atoms with Gasteiger partial charge in [0.05, 0.1) is 25.5 Å². The third kappa shape index (κ3) is 2.40. The lowest BCUT2D eigenvalue weighted by atomic mass is 10.2. The van der Waals surface area contributed by atoms with E-state index in [9.17, 15) is 0 Å². The van der Waals surface area contributed by atoms with Crippen LogP contribution >= 0.6 is 0 Å². The zero-order valence-corrected chi connectivity index (χ0v) is 10.7. The number of nitrogens with zero attached hydrogens (tertiary/aromatic N) is 4. The summed E-state index contributed by atoms with van der Waals surface area (Å²) in [5.41, 5.74) is 2.71. The molecule has 96 valence electrons. The molecule has 0 aliphatic heterocycles. The summed E-state index contributed by atoms with van der Waals surface area (Å²) in [6, 6.07) is 10.2. The lowest BCUT2D eigenvalue weighted by Gasteiger charge is -2.04. The van der Waals surface area contributed by atoms with Crippen LogP contribution in [0.5, 0.6) is 5.88 Å². The zero-order chi connectivity index (χ0) is 13.1. The summed E-state index contributed by atoms with van der Waals surface area (Å²) in [6.45, 7) is 3.19. The van der Waals surface area contributed by atoms with Crippen molar-refractivity contribution in [3.8, 4) is 5.88 Å². The molecule has 0 aliphatic rings. The van der Waals surface area contributed by atoms with Crippen molar-refractivity contribution in [3.05, 3.63) is 48.3 Å². The summed E-state index contributed by atoms with van der Waals surface area (Å²) in [7, 11) is 0. The molecule has 0 N–H and O–H groups in total. The van der Waals surface area contributed by atoms with Gasteiger partial charge in [-0.1, -0.05) is 30.3 Å². The van der Waals surface area contributed by atoms with Gasteiger partial charge in [0, 0.05) is 0 Å². The van der Waals surface area contributed by atoms with Gasteiger partial charge in [0.15, 0.2) is 5.65 Å². The smallest absolute Gasteiger partial charge is 0.233 e. The van der Waals surface area contributed by atoms with Gasteiger partial charge >= 0.3 is 0 Å². The van der Waals surface area contributed by atoms with Crippen molar-refractivity contribution in [3.63, 3.8) is 0 Å². The third-order valence-electron chi connectivity index (χ3n) is 2.79. The van der Waals surface area contributed by atoms with E-state index in [1.165, 1.54) is 5.56 Å². The Bertz CT molecular complexity index is 678. The molecule has 0 fully saturated rings. The molecule has 3 rings (SSSR count). The molecule has 0 radical (unpaired) electrons. The highest BCUT2D eigenvalue weighted by atomic mass is 16.5. The van der Waals surface area contributed by atoms with E-state index >= 15 is 0 Å². The molecule has 2 aromatic heterocycles. The van der Waals surface area contributed by atoms with Crippen LogP contribution in [0.15, 0.2) is 42.7 Å². The van der Waals surface area contributed by atoms with Crippen molar-refractivity contribution in [1.29, 1.82) is 0 Å². The SMILES string of the molecule is CCOc1cnc2c(cnn2Cc2ccccc2)n1. The molecule has 0 saturated carbocycles. The standard InChI is InChI=1S/C14H14N4O/c1-2-19-13-9-15-14-12(17-13)8-16-18(14)10-11-6-4-3-5-7-11/h3-9H,2,10H2,1H3. The molecule has 5 heteroatoms. The van der Waals surface area contributed by atoms with Gasteiger partial charge in [-0.3, -0.25) is 0 Å². The highest BCUT2D eigenvalue weighted by Crippen LogP contribution is 2.14. The summed E-state index contributed by atoms with van der Waals surface area (Å²) in [5.74, 6) is 0.536. The van der Waals surface area contributed by atoms with Gasteiger partial charge in [0.1, 0.15) is 5.52 Å². The van der Waals surface area contributed by atoms with E-state index in [2.05, 4.69) is 27.2 Å². The zero-order valence-electron chi connectivity index (χ0n) is 10.7. The number of fused-ring (bicyclic) bond motifs is 1. The van der Waals surface area contributed by atoms with Crippen LogP contribution in [0.2, 0.25) is 0 Å². The Balaban J connectivity index is 1.93. The molecular formula is C14H14N4O. The van der Waals surface area contributed by atoms with Gasteiger partial charge in [-0.05, 0) is 12.5 Å². The van der Waals surface area contributed by atoms with Crippen LogP contribution in [-0.4, -0.2) is 26.4 Å². The van der Waals surface area contributed by atoms with Crippen LogP contribution in [0.3, 0.4) is 0 Å². The Morgan fingerprint density at radius 2 is 2.00 bits per heavy atom. The fourth-order valence-corrected chi connectivity index (χ4v) is 1.93. The fourth-order valence-electron chi connectivity index (χ4n) is 1.93. The largest absolute Gasteiger partial charge is 0.477 e. The normalized spacial score (nSPS) is 10.8. The number of benzene rings is 1. The first-order chi connectivity index (χ1) is 9.36. The maximum atomic E-state index is 5.33. The Kier molecular flexibility index (Phi) is 3.10. The average molecular weight is 254 g/mol. The van der Waals surface area contributed by atoms with Gasteiger partial charge in [-0.25, -0.2) is 14.6 Å². The van der Waals surface area contributed by atoms with E-state index in [0.717, 1.165) is 11.2 Å². The number of hydrogen-bond donors (Lipinski definition) is 0. The Hall–Kier alpha value is -2.43. The van der Waals surface area contributed by atoms with Crippen molar-refractivity contribution in [2.75, 3.05) is 6.61 Å². The molecule has 0 bridgehead atoms. The van der Waals surface area contributed by atoms with E-state index in [-0.39, 0.29) is 0 Å². The monoisotopic (exact) mass is 254 g/mol. The predicted octanol–water partition coefficient (Wildman–Crippen LogP) is 2.27. The molecule has 0 saturated heterocycles. The lowest BCUT2D eigenvalue weighted by molar-refractivity contribution is 0.326. The maximum Gasteiger partial charge on any atom is 0.233 e. The average Bonchev–Trinajstić information content (AvgIpc) is 2.83. The molecule has 0 amide bonds. The Labute approximate surface area is 110 Å². The Morgan fingerprint density at radius 1 is 1.16 bits per heavy atom. The van der Waals surface area contributed by atoms with Crippen LogP contribution in [0.1, 0.15) is 12.5 Å². The molecule has 0 atom stereocenters. The second-order valence-electron chi connectivity index (χ2n) is 4.14. The molecule has 1 aromatic carbocycles. The highest BCUT2D eigenvalue weighted by Gasteiger charge is 2.07. The van der Waals surface area contributed by atoms with E-state index < -0.39 is 0 Å². The minimum absolute atomic E-state index is 0.536. The van der Waals surface area contributed by atoms with E-state index in [1.54, 1.807) is 12.4 Å². The minimum atomic E-state index is 0.536. The van der Waals surface area contributed by atoms with Gasteiger partial charge in [-0.15, -0.1) is 0 Å². The summed E-state index contributed by atoms with van der Waals surface area (Å²) >= 11 is 0. The molecule has 2 heterocycles. The molecule has 0 unspecified atom stereocenters. The number of aromatic nitrogens is 4. The summed E-state index contributed by atoms with van der Waals surface area (Å²) < 4.78 is 7.17. The lowest BCUT2D eigenvalue weighted by Crippen LogP contribution is -2.03. The molecule has 3 aromatic rings. The quantitative estimate of drug-likeness (QED) is 0.716. The third-order valence-corrected chi connectivity index (χ3v) is 2.79. The van der Waals surface area contributed by atoms with Crippen molar-refractivity contribution in [2.45, 2.75) is 13.5 Å². The molecular weight excluding hydrogens is 240 g/mol. The van der Waals surface area contributed by atoms with E-state index in [0.29, 0.717) is 19.0 Å². The van der Waals surface area contributed by atoms with Crippen LogP contribution in [0.4, 0.5) is 0 Å². The second kappa shape index (κ2) is 5.06. The number of hydrogen-bond acceptors (Lipinski definition) is 4. The van der Waals surface area contributed by atoms with Crippen LogP contribution in [-0.2, 0) is 6.54 Å². The summed E-state index contributed by atoms with van der Waals surface area (Å²) in [4.78, 5) is 8.73. The first-order valence-electron chi connectivity index (χ1n) is 6.22. The van der Waals surface area contributed by atoms with E-state index in [1.807, 2.05) is 29.8 Å². The van der Waals surface area contributed by atoms with Crippen molar-refractivity contribution < 1.29 is 4.74 Å². The minimum Gasteiger partial charge on any atom is -0.477 e. The summed E-state index contributed by atoms with van der Waals surface area (Å²) in [5, 5.41) is 4.33. The van der Waals surface area contributed by atoms with E-state index in [4.69, 9.17) is 4.74 Å². The topological polar surface area (TPSA) is 52.8 Å². The van der Waals surface area contributed by atoms with Gasteiger partial charge in [-0.2, -0.15) is 5.10 Å². The predicted molar refractivity (Wildman–Crippen MR) is 72.0 cm³/mol. The first-order valence-corrected chi connectivity index (χ1v) is 6.22. The van der Waals surface area contributed by atoms with Crippen molar-refractivity contribution >= 4 is 11.2 Å². The highest BCUT2D eigenvalue weighted by molar-refractivity contribution is 5.69. The fraction of sp³-hybridized carbons (Fsp3) is 0.214. The van der Waals surface area contributed by atoms with Crippen LogP contribution in [0, 0.1) is 0 Å². The summed E-state index contributed by atoms with van der Waals surface area (Å²) in [6.07, 6.45) is 3.35. The molecule has 0 aliphatic carbocycles. The molecule has 5 nitrogen and oxygen atoms in total. The number of ether oxygens (including phenoxy) is 1. The van der Waals surface area contributed by atoms with Crippen LogP contribution < -0.4 is 4.74 Å². The van der Waals surface area contributed by atoms with Crippen LogP contribution in [0.25, 0.3) is 11.2 Å². The Morgan fingerprint density at radius 3 is 2.79 bits per heavy atom. The number of rotatable bonds is 4. The second-order valence-corrected chi connectivity index (χ2v) is 4.14. The molecule has 0 spiro atoms. The first kappa shape index (κ1) is 11.6. The van der Waals surface area contributed by atoms with Gasteiger partial charge in [0.2, 0.25) is 5.88 Å². The molecule has 19 heavy (non-hydrogen) atoms. The van der Waals surface area contributed by atoms with Gasteiger partial charge < -0.3 is 4.74 Å². The van der Waals surface area contributed by atoms with Crippen molar-refractivity contribution in [1.82, 2.24) is 19.7 Å².